The number of carbonyl (C=O) groups is 2. The highest BCUT2D eigenvalue weighted by Gasteiger charge is 2.21. The van der Waals surface area contributed by atoms with Crippen LogP contribution in [0.15, 0.2) is 47.6 Å². The second kappa shape index (κ2) is 7.58. The molecule has 0 aromatic heterocycles. The van der Waals surface area contributed by atoms with Gasteiger partial charge in [-0.15, -0.1) is 0 Å². The molecule has 2 aromatic rings. The Bertz CT molecular complexity index is 878. The van der Waals surface area contributed by atoms with E-state index in [0.29, 0.717) is 22.8 Å². The summed E-state index contributed by atoms with van der Waals surface area (Å²) in [6.07, 6.45) is 1.48. The maximum Gasteiger partial charge on any atom is 0.227 e. The molecule has 1 amide bonds. The molecular weight excluding hydrogens is 354 g/mol. The van der Waals surface area contributed by atoms with Gasteiger partial charge in [0.25, 0.3) is 0 Å². The summed E-state index contributed by atoms with van der Waals surface area (Å²) in [5, 5.41) is 15.6. The third-order valence-electron chi connectivity index (χ3n) is 4.22. The molecule has 26 heavy (non-hydrogen) atoms. The van der Waals surface area contributed by atoms with Crippen LogP contribution in [0.5, 0.6) is 0 Å². The van der Waals surface area contributed by atoms with Gasteiger partial charge in [-0.2, -0.15) is 5.10 Å². The largest absolute Gasteiger partial charge is 0.545 e. The molecule has 0 bridgehead atoms. The number of amides is 1. The van der Waals surface area contributed by atoms with Gasteiger partial charge in [0.05, 0.1) is 22.4 Å². The van der Waals surface area contributed by atoms with Crippen LogP contribution in [0, 0.1) is 0 Å². The van der Waals surface area contributed by atoms with Crippen LogP contribution in [0.2, 0.25) is 5.02 Å². The fraction of sp³-hybridized carbons (Fsp3) is 0.211. The summed E-state index contributed by atoms with van der Waals surface area (Å²) >= 11 is 6.05. The second-order valence-electron chi connectivity index (χ2n) is 5.99. The topological polar surface area (TPSA) is 84.8 Å². The van der Waals surface area contributed by atoms with Crippen molar-refractivity contribution < 1.29 is 14.7 Å². The third-order valence-corrected chi connectivity index (χ3v) is 4.55. The Morgan fingerprint density at radius 2 is 1.88 bits per heavy atom. The lowest BCUT2D eigenvalue weighted by Crippen LogP contribution is -2.23. The fourth-order valence-electron chi connectivity index (χ4n) is 2.75. The maximum atomic E-state index is 11.8. The predicted octanol–water partition coefficient (Wildman–Crippen LogP) is 2.67. The molecule has 0 atom stereocenters. The summed E-state index contributed by atoms with van der Waals surface area (Å²) in [5.41, 5.74) is 5.63. The number of carboxylic acids is 1. The van der Waals surface area contributed by atoms with Crippen molar-refractivity contribution in [2.75, 3.05) is 16.9 Å². The second-order valence-corrected chi connectivity index (χ2v) is 6.39. The lowest BCUT2D eigenvalue weighted by Gasteiger charge is -2.16. The summed E-state index contributed by atoms with van der Waals surface area (Å²) in [6.45, 7) is 2.57. The van der Waals surface area contributed by atoms with Crippen LogP contribution in [0.1, 0.15) is 35.7 Å². The first-order valence-electron chi connectivity index (χ1n) is 8.17. The Morgan fingerprint density at radius 3 is 2.50 bits per heavy atom. The first-order chi connectivity index (χ1) is 12.5. The Hall–Kier alpha value is -2.86. The highest BCUT2D eigenvalue weighted by molar-refractivity contribution is 6.33. The van der Waals surface area contributed by atoms with Gasteiger partial charge in [0, 0.05) is 18.7 Å². The van der Waals surface area contributed by atoms with Gasteiger partial charge in [0.15, 0.2) is 0 Å². The van der Waals surface area contributed by atoms with Gasteiger partial charge in [-0.1, -0.05) is 29.8 Å². The molecular formula is C19H17ClN3O3-. The third kappa shape index (κ3) is 3.86. The number of carboxylic acid groups (broad SMARTS) is 1. The van der Waals surface area contributed by atoms with Gasteiger partial charge in [-0.05, 0) is 48.7 Å². The smallest absolute Gasteiger partial charge is 0.227 e. The summed E-state index contributed by atoms with van der Waals surface area (Å²) in [5.74, 6) is -1.13. The van der Waals surface area contributed by atoms with Crippen LogP contribution in [0.3, 0.4) is 0 Å². The molecule has 1 aliphatic heterocycles. The minimum atomic E-state index is -1.28. The number of carbonyl (C=O) groups excluding carboxylic acids is 2. The predicted molar refractivity (Wildman–Crippen MR) is 99.6 cm³/mol. The van der Waals surface area contributed by atoms with Crippen molar-refractivity contribution in [2.45, 2.75) is 19.8 Å². The molecule has 134 valence electrons. The normalized spacial score (nSPS) is 14.6. The summed E-state index contributed by atoms with van der Waals surface area (Å²) < 4.78 is 0. The molecule has 6 nitrogen and oxygen atoms in total. The summed E-state index contributed by atoms with van der Waals surface area (Å²) in [7, 11) is 0. The van der Waals surface area contributed by atoms with Crippen LogP contribution in [-0.2, 0) is 4.79 Å². The van der Waals surface area contributed by atoms with E-state index in [9.17, 15) is 14.7 Å². The van der Waals surface area contributed by atoms with Gasteiger partial charge in [-0.25, -0.2) is 0 Å². The first-order valence-corrected chi connectivity index (χ1v) is 8.55. The molecule has 7 heteroatoms. The molecule has 1 N–H and O–H groups in total. The average Bonchev–Trinajstić information content (AvgIpc) is 3.06. The van der Waals surface area contributed by atoms with Crippen molar-refractivity contribution in [3.63, 3.8) is 0 Å². The number of anilines is 2. The Kier molecular flexibility index (Phi) is 5.23. The lowest BCUT2D eigenvalue weighted by molar-refractivity contribution is -0.255. The van der Waals surface area contributed by atoms with Crippen molar-refractivity contribution >= 4 is 40.6 Å². The van der Waals surface area contributed by atoms with E-state index >= 15 is 0 Å². The van der Waals surface area contributed by atoms with Gasteiger partial charge in [0.1, 0.15) is 0 Å². The summed E-state index contributed by atoms with van der Waals surface area (Å²) in [4.78, 5) is 24.5. The SMILES string of the molecule is C/C(=N/Nc1cc(C(=O)[O-])ccc1Cl)c1ccc(N2CCCC2=O)cc1. The van der Waals surface area contributed by atoms with Gasteiger partial charge < -0.3 is 14.8 Å². The summed E-state index contributed by atoms with van der Waals surface area (Å²) in [6, 6.07) is 11.8. The van der Waals surface area contributed by atoms with Crippen molar-refractivity contribution in [1.29, 1.82) is 0 Å². The molecule has 3 rings (SSSR count). The molecule has 0 radical (unpaired) electrons. The van der Waals surface area contributed by atoms with Crippen molar-refractivity contribution in [3.05, 3.63) is 58.6 Å². The number of halogens is 1. The van der Waals surface area contributed by atoms with E-state index in [0.717, 1.165) is 24.2 Å². The molecule has 2 aromatic carbocycles. The molecule has 0 spiro atoms. The first kappa shape index (κ1) is 17.9. The molecule has 1 fully saturated rings. The van der Waals surface area contributed by atoms with E-state index < -0.39 is 5.97 Å². The van der Waals surface area contributed by atoms with Crippen LogP contribution in [-0.4, -0.2) is 24.1 Å². The zero-order chi connectivity index (χ0) is 18.7. The van der Waals surface area contributed by atoms with Crippen molar-refractivity contribution in [2.24, 2.45) is 5.10 Å². The van der Waals surface area contributed by atoms with Crippen molar-refractivity contribution in [1.82, 2.24) is 0 Å². The quantitative estimate of drug-likeness (QED) is 0.647. The van der Waals surface area contributed by atoms with Crippen LogP contribution < -0.4 is 15.4 Å². The number of hydrazone groups is 1. The number of hydrogen-bond acceptors (Lipinski definition) is 5. The molecule has 1 heterocycles. The van der Waals surface area contributed by atoms with E-state index in [2.05, 4.69) is 10.5 Å². The van der Waals surface area contributed by atoms with Crippen LogP contribution in [0.4, 0.5) is 11.4 Å². The van der Waals surface area contributed by atoms with E-state index in [1.807, 2.05) is 31.2 Å². The highest BCUT2D eigenvalue weighted by Crippen LogP contribution is 2.24. The zero-order valence-corrected chi connectivity index (χ0v) is 14.9. The standard InChI is InChI=1S/C19H18ClN3O3/c1-12(21-22-17-11-14(19(25)26)6-9-16(17)20)13-4-7-15(8-5-13)23-10-2-3-18(23)24/h4-9,11,22H,2-3,10H2,1H3,(H,25,26)/p-1/b21-12-. The molecule has 1 saturated heterocycles. The van der Waals surface area contributed by atoms with Crippen LogP contribution in [0.25, 0.3) is 0 Å². The molecule has 0 unspecified atom stereocenters. The van der Waals surface area contributed by atoms with Crippen molar-refractivity contribution in [3.8, 4) is 0 Å². The minimum absolute atomic E-state index is 0.0180. The van der Waals surface area contributed by atoms with E-state index in [4.69, 9.17) is 11.6 Å². The molecule has 0 aliphatic carbocycles. The number of hydrogen-bond donors (Lipinski definition) is 1. The highest BCUT2D eigenvalue weighted by atomic mass is 35.5. The number of nitrogens with zero attached hydrogens (tertiary/aromatic N) is 2. The Morgan fingerprint density at radius 1 is 1.19 bits per heavy atom. The van der Waals surface area contributed by atoms with Gasteiger partial charge in [0.2, 0.25) is 5.91 Å². The molecule has 1 aliphatic rings. The Labute approximate surface area is 156 Å². The number of nitrogens with one attached hydrogen (secondary N) is 1. The number of benzene rings is 2. The monoisotopic (exact) mass is 370 g/mol. The lowest BCUT2D eigenvalue weighted by atomic mass is 10.1. The minimum Gasteiger partial charge on any atom is -0.545 e. The zero-order valence-electron chi connectivity index (χ0n) is 14.2. The maximum absolute atomic E-state index is 11.8. The average molecular weight is 371 g/mol. The number of rotatable bonds is 5. The number of aromatic carboxylic acids is 1. The van der Waals surface area contributed by atoms with E-state index in [-0.39, 0.29) is 11.5 Å². The van der Waals surface area contributed by atoms with E-state index in [1.165, 1.54) is 18.2 Å². The van der Waals surface area contributed by atoms with Gasteiger partial charge >= 0.3 is 0 Å². The molecule has 0 saturated carbocycles. The van der Waals surface area contributed by atoms with Gasteiger partial charge in [-0.3, -0.25) is 10.2 Å². The fourth-order valence-corrected chi connectivity index (χ4v) is 2.91. The Balaban J connectivity index is 1.75. The van der Waals surface area contributed by atoms with E-state index in [1.54, 1.807) is 4.90 Å². The van der Waals surface area contributed by atoms with Crippen LogP contribution >= 0.6 is 11.6 Å².